The Balaban J connectivity index is 2.05. The van der Waals surface area contributed by atoms with Crippen LogP contribution >= 0.6 is 15.9 Å². The molecule has 23 heavy (non-hydrogen) atoms. The maximum Gasteiger partial charge on any atom is 0.161 e. The third kappa shape index (κ3) is 3.03. The lowest BCUT2D eigenvalue weighted by Crippen LogP contribution is -2.29. The Bertz CT molecular complexity index is 718. The van der Waals surface area contributed by atoms with Crippen LogP contribution in [-0.4, -0.2) is 27.9 Å². The summed E-state index contributed by atoms with van der Waals surface area (Å²) in [5.74, 6) is 2.64. The molecule has 4 nitrogen and oxygen atoms in total. The van der Waals surface area contributed by atoms with E-state index < -0.39 is 0 Å². The van der Waals surface area contributed by atoms with Crippen LogP contribution in [0.15, 0.2) is 34.8 Å². The fourth-order valence-electron chi connectivity index (χ4n) is 3.07. The van der Waals surface area contributed by atoms with Crippen molar-refractivity contribution < 1.29 is 14.2 Å². The molecule has 3 rings (SSSR count). The zero-order valence-electron chi connectivity index (χ0n) is 13.5. The van der Waals surface area contributed by atoms with E-state index in [9.17, 15) is 0 Å². The third-order valence-corrected chi connectivity index (χ3v) is 4.88. The van der Waals surface area contributed by atoms with Crippen LogP contribution in [0.4, 0.5) is 0 Å². The molecule has 1 aliphatic heterocycles. The Morgan fingerprint density at radius 1 is 0.957 bits per heavy atom. The van der Waals surface area contributed by atoms with Crippen molar-refractivity contribution in [1.29, 1.82) is 0 Å². The number of fused-ring (bicyclic) bond motifs is 1. The number of rotatable bonds is 4. The molecule has 0 saturated carbocycles. The van der Waals surface area contributed by atoms with Gasteiger partial charge >= 0.3 is 0 Å². The Hall–Kier alpha value is -1.72. The third-order valence-electron chi connectivity index (χ3n) is 4.26. The maximum absolute atomic E-state index is 5.47. The minimum Gasteiger partial charge on any atom is -0.496 e. The molecular weight excluding hydrogens is 358 g/mol. The summed E-state index contributed by atoms with van der Waals surface area (Å²) in [6.45, 7) is 1.73. The Kier molecular flexibility index (Phi) is 4.78. The highest BCUT2D eigenvalue weighted by Crippen LogP contribution is 2.39. The van der Waals surface area contributed by atoms with E-state index in [0.29, 0.717) is 0 Å². The molecule has 0 saturated heterocycles. The van der Waals surface area contributed by atoms with Gasteiger partial charge in [-0.25, -0.2) is 0 Å². The average Bonchev–Trinajstić information content (AvgIpc) is 2.59. The molecule has 1 atom stereocenters. The number of hydrogen-bond donors (Lipinski definition) is 1. The van der Waals surface area contributed by atoms with Gasteiger partial charge in [-0.15, -0.1) is 0 Å². The second-order valence-electron chi connectivity index (χ2n) is 5.48. The van der Waals surface area contributed by atoms with E-state index in [0.717, 1.165) is 34.8 Å². The quantitative estimate of drug-likeness (QED) is 0.881. The van der Waals surface area contributed by atoms with E-state index in [4.69, 9.17) is 14.2 Å². The predicted molar refractivity (Wildman–Crippen MR) is 93.8 cm³/mol. The first-order valence-electron chi connectivity index (χ1n) is 7.47. The van der Waals surface area contributed by atoms with Crippen molar-refractivity contribution >= 4 is 15.9 Å². The van der Waals surface area contributed by atoms with Gasteiger partial charge in [-0.3, -0.25) is 0 Å². The molecule has 0 radical (unpaired) electrons. The van der Waals surface area contributed by atoms with Crippen molar-refractivity contribution in [1.82, 2.24) is 5.32 Å². The van der Waals surface area contributed by atoms with Crippen molar-refractivity contribution in [2.24, 2.45) is 0 Å². The molecule has 0 bridgehead atoms. The van der Waals surface area contributed by atoms with Gasteiger partial charge in [-0.2, -0.15) is 0 Å². The summed E-state index contributed by atoms with van der Waals surface area (Å²) in [7, 11) is 5.01. The lowest BCUT2D eigenvalue weighted by Gasteiger charge is -2.28. The van der Waals surface area contributed by atoms with Crippen LogP contribution in [0.3, 0.4) is 0 Å². The highest BCUT2D eigenvalue weighted by atomic mass is 79.9. The zero-order valence-corrected chi connectivity index (χ0v) is 15.1. The van der Waals surface area contributed by atoms with Crippen LogP contribution in [0, 0.1) is 0 Å². The standard InChI is InChI=1S/C18H20BrNO3/c1-21-16-5-4-11(6-15(16)19)14-10-20-9-12-7-17(22-2)18(23-3)8-13(12)14/h4-8,14,20H,9-10H2,1-3H3. The molecule has 5 heteroatoms. The fourth-order valence-corrected chi connectivity index (χ4v) is 3.63. The molecule has 122 valence electrons. The molecule has 2 aromatic carbocycles. The lowest BCUT2D eigenvalue weighted by atomic mass is 9.85. The minimum atomic E-state index is 0.265. The summed E-state index contributed by atoms with van der Waals surface area (Å²) in [6.07, 6.45) is 0. The summed E-state index contributed by atoms with van der Waals surface area (Å²) < 4.78 is 17.2. The topological polar surface area (TPSA) is 39.7 Å². The molecule has 0 fully saturated rings. The molecule has 1 unspecified atom stereocenters. The van der Waals surface area contributed by atoms with Crippen molar-refractivity contribution in [2.75, 3.05) is 27.9 Å². The number of benzene rings is 2. The summed E-state index contributed by atoms with van der Waals surface area (Å²) >= 11 is 3.57. The van der Waals surface area contributed by atoms with Gasteiger partial charge in [-0.05, 0) is 56.9 Å². The molecule has 0 aromatic heterocycles. The van der Waals surface area contributed by atoms with Gasteiger partial charge in [0.15, 0.2) is 11.5 Å². The normalized spacial score (nSPS) is 16.6. The molecule has 2 aromatic rings. The average molecular weight is 378 g/mol. The molecule has 0 amide bonds. The van der Waals surface area contributed by atoms with Crippen LogP contribution in [0.2, 0.25) is 0 Å². The first kappa shape index (κ1) is 16.1. The van der Waals surface area contributed by atoms with Gasteiger partial charge in [0.2, 0.25) is 0 Å². The first-order valence-corrected chi connectivity index (χ1v) is 8.26. The molecule has 1 heterocycles. The number of halogens is 1. The SMILES string of the molecule is COc1ccc(C2CNCc3cc(OC)c(OC)cc32)cc1Br. The summed E-state index contributed by atoms with van der Waals surface area (Å²) in [4.78, 5) is 0. The number of nitrogens with one attached hydrogen (secondary N) is 1. The van der Waals surface area contributed by atoms with Crippen molar-refractivity contribution in [3.8, 4) is 17.2 Å². The van der Waals surface area contributed by atoms with E-state index in [1.54, 1.807) is 21.3 Å². The summed E-state index contributed by atoms with van der Waals surface area (Å²) in [6, 6.07) is 10.4. The second kappa shape index (κ2) is 6.81. The fraction of sp³-hybridized carbons (Fsp3) is 0.333. The van der Waals surface area contributed by atoms with Crippen molar-refractivity contribution in [2.45, 2.75) is 12.5 Å². The molecule has 0 spiro atoms. The Morgan fingerprint density at radius 2 is 1.65 bits per heavy atom. The highest BCUT2D eigenvalue weighted by molar-refractivity contribution is 9.10. The Labute approximate surface area is 144 Å². The van der Waals surface area contributed by atoms with Crippen LogP contribution in [-0.2, 0) is 6.54 Å². The Morgan fingerprint density at radius 3 is 2.30 bits per heavy atom. The number of hydrogen-bond acceptors (Lipinski definition) is 4. The minimum absolute atomic E-state index is 0.265. The summed E-state index contributed by atoms with van der Waals surface area (Å²) in [5, 5.41) is 3.48. The predicted octanol–water partition coefficient (Wildman–Crippen LogP) is 3.71. The largest absolute Gasteiger partial charge is 0.496 e. The first-order chi connectivity index (χ1) is 11.2. The van der Waals surface area contributed by atoms with Gasteiger partial charge < -0.3 is 19.5 Å². The lowest BCUT2D eigenvalue weighted by molar-refractivity contribution is 0.353. The monoisotopic (exact) mass is 377 g/mol. The van der Waals surface area contributed by atoms with Crippen LogP contribution in [0.1, 0.15) is 22.6 Å². The van der Waals surface area contributed by atoms with Gasteiger partial charge in [0.25, 0.3) is 0 Å². The van der Waals surface area contributed by atoms with E-state index in [1.807, 2.05) is 6.07 Å². The summed E-state index contributed by atoms with van der Waals surface area (Å²) in [5.41, 5.74) is 3.75. The molecular formula is C18H20BrNO3. The molecule has 0 aliphatic carbocycles. The van der Waals surface area contributed by atoms with Gasteiger partial charge in [-0.1, -0.05) is 6.07 Å². The van der Waals surface area contributed by atoms with Gasteiger partial charge in [0.05, 0.1) is 25.8 Å². The van der Waals surface area contributed by atoms with Crippen LogP contribution in [0.5, 0.6) is 17.2 Å². The van der Waals surface area contributed by atoms with E-state index in [1.165, 1.54) is 16.7 Å². The number of methoxy groups -OCH3 is 3. The van der Waals surface area contributed by atoms with Crippen LogP contribution in [0.25, 0.3) is 0 Å². The zero-order chi connectivity index (χ0) is 16.4. The van der Waals surface area contributed by atoms with E-state index in [-0.39, 0.29) is 5.92 Å². The smallest absolute Gasteiger partial charge is 0.161 e. The molecule has 1 N–H and O–H groups in total. The second-order valence-corrected chi connectivity index (χ2v) is 6.34. The van der Waals surface area contributed by atoms with Gasteiger partial charge in [0, 0.05) is 19.0 Å². The highest BCUT2D eigenvalue weighted by Gasteiger charge is 2.24. The molecule has 1 aliphatic rings. The number of ether oxygens (including phenoxy) is 3. The van der Waals surface area contributed by atoms with Crippen molar-refractivity contribution in [3.63, 3.8) is 0 Å². The van der Waals surface area contributed by atoms with Crippen molar-refractivity contribution in [3.05, 3.63) is 51.5 Å². The van der Waals surface area contributed by atoms with E-state index in [2.05, 4.69) is 45.5 Å². The van der Waals surface area contributed by atoms with Gasteiger partial charge in [0.1, 0.15) is 5.75 Å². The van der Waals surface area contributed by atoms with Crippen LogP contribution < -0.4 is 19.5 Å². The van der Waals surface area contributed by atoms with E-state index >= 15 is 0 Å². The maximum atomic E-state index is 5.47.